The van der Waals surface area contributed by atoms with Crippen LogP contribution in [0.4, 0.5) is 5.82 Å². The predicted octanol–water partition coefficient (Wildman–Crippen LogP) is 3.59. The first kappa shape index (κ1) is 15.8. The number of aromatic nitrogens is 2. The molecular weight excluding hydrogens is 381 g/mol. The van der Waals surface area contributed by atoms with Crippen LogP contribution in [0, 0.1) is 10.5 Å². The number of aryl methyl sites for hydroxylation is 1. The first-order valence-corrected chi connectivity index (χ1v) is 7.88. The highest BCUT2D eigenvalue weighted by atomic mass is 127. The molecule has 0 amide bonds. The predicted molar refractivity (Wildman–Crippen MR) is 91.9 cm³/mol. The molecule has 0 aliphatic heterocycles. The van der Waals surface area contributed by atoms with Crippen LogP contribution in [0.1, 0.15) is 19.5 Å². The fourth-order valence-electron chi connectivity index (χ4n) is 1.90. The minimum atomic E-state index is 0.120. The average Bonchev–Trinajstić information content (AvgIpc) is 2.46. The highest BCUT2D eigenvalue weighted by molar-refractivity contribution is 14.1. The van der Waals surface area contributed by atoms with E-state index in [1.165, 1.54) is 0 Å². The number of nitrogens with zero attached hydrogens (tertiary/aromatic N) is 2. The van der Waals surface area contributed by atoms with Gasteiger partial charge in [0.1, 0.15) is 5.82 Å². The standard InChI is InChI=1S/C15H18IN3O2/c1-4-17-15-13(16)9(3)18-14(19-15)10-6-7-11(20)12(8-10)21-5-2/h6-8,20H,4-5H2,1-3H3,(H,17,18,19). The molecule has 0 saturated carbocycles. The number of halogens is 1. The zero-order valence-electron chi connectivity index (χ0n) is 12.3. The van der Waals surface area contributed by atoms with Crippen molar-refractivity contribution in [3.05, 3.63) is 27.5 Å². The van der Waals surface area contributed by atoms with Crippen molar-refractivity contribution >= 4 is 28.4 Å². The third kappa shape index (κ3) is 3.55. The van der Waals surface area contributed by atoms with Gasteiger partial charge in [-0.3, -0.25) is 0 Å². The molecule has 0 saturated heterocycles. The normalized spacial score (nSPS) is 10.5. The van der Waals surface area contributed by atoms with Gasteiger partial charge in [-0.25, -0.2) is 9.97 Å². The van der Waals surface area contributed by atoms with Gasteiger partial charge in [0.2, 0.25) is 0 Å². The molecule has 1 heterocycles. The third-order valence-electron chi connectivity index (χ3n) is 2.88. The largest absolute Gasteiger partial charge is 0.504 e. The first-order chi connectivity index (χ1) is 10.1. The second kappa shape index (κ2) is 6.93. The van der Waals surface area contributed by atoms with Crippen LogP contribution in [0.2, 0.25) is 0 Å². The van der Waals surface area contributed by atoms with Gasteiger partial charge in [0.15, 0.2) is 17.3 Å². The van der Waals surface area contributed by atoms with E-state index >= 15 is 0 Å². The van der Waals surface area contributed by atoms with E-state index in [-0.39, 0.29) is 5.75 Å². The van der Waals surface area contributed by atoms with Gasteiger partial charge in [0, 0.05) is 12.1 Å². The number of aromatic hydroxyl groups is 1. The van der Waals surface area contributed by atoms with Gasteiger partial charge in [0.25, 0.3) is 0 Å². The van der Waals surface area contributed by atoms with Crippen molar-refractivity contribution in [2.75, 3.05) is 18.5 Å². The molecule has 1 aromatic carbocycles. The lowest BCUT2D eigenvalue weighted by Gasteiger charge is -2.11. The summed E-state index contributed by atoms with van der Waals surface area (Å²) in [7, 11) is 0. The molecule has 5 nitrogen and oxygen atoms in total. The molecular formula is C15H18IN3O2. The van der Waals surface area contributed by atoms with Gasteiger partial charge in [0.05, 0.1) is 15.9 Å². The average molecular weight is 399 g/mol. The van der Waals surface area contributed by atoms with Gasteiger partial charge in [-0.2, -0.15) is 0 Å². The molecule has 0 aliphatic rings. The van der Waals surface area contributed by atoms with Crippen molar-refractivity contribution < 1.29 is 9.84 Å². The number of ether oxygens (including phenoxy) is 1. The lowest BCUT2D eigenvalue weighted by atomic mass is 10.2. The van der Waals surface area contributed by atoms with Crippen molar-refractivity contribution in [1.29, 1.82) is 0 Å². The summed E-state index contributed by atoms with van der Waals surface area (Å²) >= 11 is 2.24. The molecule has 0 radical (unpaired) electrons. The zero-order valence-corrected chi connectivity index (χ0v) is 14.4. The molecule has 0 bridgehead atoms. The van der Waals surface area contributed by atoms with E-state index in [1.54, 1.807) is 18.2 Å². The second-order valence-corrected chi connectivity index (χ2v) is 5.52. The van der Waals surface area contributed by atoms with E-state index in [0.29, 0.717) is 18.2 Å². The minimum absolute atomic E-state index is 0.120. The Labute approximate surface area is 137 Å². The van der Waals surface area contributed by atoms with Crippen molar-refractivity contribution in [2.24, 2.45) is 0 Å². The van der Waals surface area contributed by atoms with Gasteiger partial charge in [-0.1, -0.05) is 0 Å². The van der Waals surface area contributed by atoms with Crippen molar-refractivity contribution in [1.82, 2.24) is 9.97 Å². The van der Waals surface area contributed by atoms with Crippen molar-refractivity contribution in [3.63, 3.8) is 0 Å². The first-order valence-electron chi connectivity index (χ1n) is 6.81. The number of phenols is 1. The Bertz CT molecular complexity index is 647. The van der Waals surface area contributed by atoms with Crippen LogP contribution >= 0.6 is 22.6 Å². The highest BCUT2D eigenvalue weighted by Crippen LogP contribution is 2.31. The summed E-state index contributed by atoms with van der Waals surface area (Å²) in [5.41, 5.74) is 1.73. The van der Waals surface area contributed by atoms with Crippen LogP contribution < -0.4 is 10.1 Å². The highest BCUT2D eigenvalue weighted by Gasteiger charge is 2.12. The van der Waals surface area contributed by atoms with Crippen molar-refractivity contribution in [2.45, 2.75) is 20.8 Å². The van der Waals surface area contributed by atoms with Gasteiger partial charge in [-0.05, 0) is 61.6 Å². The van der Waals surface area contributed by atoms with E-state index in [1.807, 2.05) is 20.8 Å². The maximum atomic E-state index is 9.77. The van der Waals surface area contributed by atoms with Gasteiger partial charge in [-0.15, -0.1) is 0 Å². The molecule has 2 N–H and O–H groups in total. The molecule has 2 aromatic rings. The quantitative estimate of drug-likeness (QED) is 0.753. The number of phenolic OH excluding ortho intramolecular Hbond substituents is 1. The summed E-state index contributed by atoms with van der Waals surface area (Å²) in [4.78, 5) is 9.08. The van der Waals surface area contributed by atoms with Gasteiger partial charge >= 0.3 is 0 Å². The van der Waals surface area contributed by atoms with Crippen molar-refractivity contribution in [3.8, 4) is 22.9 Å². The number of rotatable bonds is 5. The van der Waals surface area contributed by atoms with Gasteiger partial charge < -0.3 is 15.2 Å². The molecule has 112 valence electrons. The van der Waals surface area contributed by atoms with Crippen LogP contribution in [0.3, 0.4) is 0 Å². The smallest absolute Gasteiger partial charge is 0.161 e. The SMILES string of the molecule is CCNc1nc(-c2ccc(O)c(OCC)c2)nc(C)c1I. The molecule has 2 rings (SSSR count). The fraction of sp³-hybridized carbons (Fsp3) is 0.333. The van der Waals surface area contributed by atoms with Crippen LogP contribution in [-0.4, -0.2) is 28.2 Å². The van der Waals surface area contributed by atoms with E-state index in [0.717, 1.165) is 27.2 Å². The van der Waals surface area contributed by atoms with Crippen LogP contribution in [0.5, 0.6) is 11.5 Å². The maximum absolute atomic E-state index is 9.77. The number of benzene rings is 1. The maximum Gasteiger partial charge on any atom is 0.161 e. The Balaban J connectivity index is 2.48. The number of anilines is 1. The lowest BCUT2D eigenvalue weighted by molar-refractivity contribution is 0.318. The monoisotopic (exact) mass is 399 g/mol. The molecule has 6 heteroatoms. The third-order valence-corrected chi connectivity index (χ3v) is 4.17. The zero-order chi connectivity index (χ0) is 15.4. The Morgan fingerprint density at radius 1 is 1.29 bits per heavy atom. The molecule has 0 atom stereocenters. The minimum Gasteiger partial charge on any atom is -0.504 e. The van der Waals surface area contributed by atoms with Crippen LogP contribution in [-0.2, 0) is 0 Å². The summed E-state index contributed by atoms with van der Waals surface area (Å²) in [6.45, 7) is 7.15. The number of hydrogen-bond donors (Lipinski definition) is 2. The Kier molecular flexibility index (Phi) is 5.22. The molecule has 0 aliphatic carbocycles. The topological polar surface area (TPSA) is 67.3 Å². The summed E-state index contributed by atoms with van der Waals surface area (Å²) in [6, 6.07) is 5.15. The summed E-state index contributed by atoms with van der Waals surface area (Å²) in [6.07, 6.45) is 0. The molecule has 0 fully saturated rings. The molecule has 0 unspecified atom stereocenters. The molecule has 0 spiro atoms. The number of hydrogen-bond acceptors (Lipinski definition) is 5. The second-order valence-electron chi connectivity index (χ2n) is 4.44. The summed E-state index contributed by atoms with van der Waals surface area (Å²) in [5.74, 6) is 2.01. The summed E-state index contributed by atoms with van der Waals surface area (Å²) in [5, 5.41) is 13.0. The van der Waals surface area contributed by atoms with Crippen LogP contribution in [0.15, 0.2) is 18.2 Å². The lowest BCUT2D eigenvalue weighted by Crippen LogP contribution is -2.06. The summed E-state index contributed by atoms with van der Waals surface area (Å²) < 4.78 is 6.42. The van der Waals surface area contributed by atoms with E-state index < -0.39 is 0 Å². The van der Waals surface area contributed by atoms with E-state index in [2.05, 4.69) is 37.9 Å². The Morgan fingerprint density at radius 3 is 2.71 bits per heavy atom. The fourth-order valence-corrected chi connectivity index (χ4v) is 2.33. The Hall–Kier alpha value is -1.57. The van der Waals surface area contributed by atoms with E-state index in [9.17, 15) is 5.11 Å². The number of nitrogens with one attached hydrogen (secondary N) is 1. The molecule has 1 aromatic heterocycles. The van der Waals surface area contributed by atoms with Crippen LogP contribution in [0.25, 0.3) is 11.4 Å². The molecule has 21 heavy (non-hydrogen) atoms. The Morgan fingerprint density at radius 2 is 2.05 bits per heavy atom. The van der Waals surface area contributed by atoms with E-state index in [4.69, 9.17) is 4.74 Å².